The summed E-state index contributed by atoms with van der Waals surface area (Å²) >= 11 is 0. The van der Waals surface area contributed by atoms with Gasteiger partial charge in [0.25, 0.3) is 0 Å². The van der Waals surface area contributed by atoms with Gasteiger partial charge in [-0.05, 0) is 38.4 Å². The van der Waals surface area contributed by atoms with Crippen LogP contribution in [-0.4, -0.2) is 77.1 Å². The Hall–Kier alpha value is -1.83. The topological polar surface area (TPSA) is 67.4 Å². The van der Waals surface area contributed by atoms with E-state index in [2.05, 4.69) is 47.6 Å². The molecular formula is C21H36N4O3. The summed E-state index contributed by atoms with van der Waals surface area (Å²) in [4.78, 5) is 7.19. The number of aryl methyl sites for hydroxylation is 1. The zero-order chi connectivity index (χ0) is 20.0. The van der Waals surface area contributed by atoms with Crippen LogP contribution in [0.4, 0.5) is 0 Å². The van der Waals surface area contributed by atoms with Crippen LogP contribution in [0, 0.1) is 6.92 Å². The zero-order valence-electron chi connectivity index (χ0n) is 17.6. The fraction of sp³-hybridized carbons (Fsp3) is 0.667. The quantitative estimate of drug-likeness (QED) is 0.340. The SMILES string of the molecule is CCNC(=NCc1ccc(C)cc1OCCOC)NCCCN1CCOCC1. The van der Waals surface area contributed by atoms with Crippen LogP contribution in [0.15, 0.2) is 23.2 Å². The van der Waals surface area contributed by atoms with E-state index < -0.39 is 0 Å². The van der Waals surface area contributed by atoms with E-state index in [1.165, 1.54) is 5.56 Å². The number of hydrogen-bond acceptors (Lipinski definition) is 5. The first-order valence-corrected chi connectivity index (χ1v) is 10.3. The summed E-state index contributed by atoms with van der Waals surface area (Å²) in [5, 5.41) is 6.75. The molecule has 1 aromatic rings. The van der Waals surface area contributed by atoms with Crippen LogP contribution in [0.5, 0.6) is 5.75 Å². The van der Waals surface area contributed by atoms with Gasteiger partial charge in [0.15, 0.2) is 5.96 Å². The number of rotatable bonds is 11. The predicted octanol–water partition coefficient (Wildman–Crippen LogP) is 1.80. The number of ether oxygens (including phenoxy) is 3. The van der Waals surface area contributed by atoms with Crippen LogP contribution in [0.25, 0.3) is 0 Å². The molecule has 7 nitrogen and oxygen atoms in total. The van der Waals surface area contributed by atoms with E-state index in [1.807, 2.05) is 0 Å². The molecule has 1 aliphatic heterocycles. The molecule has 0 amide bonds. The minimum atomic E-state index is 0.538. The molecule has 2 rings (SSSR count). The zero-order valence-corrected chi connectivity index (χ0v) is 17.6. The van der Waals surface area contributed by atoms with Crippen molar-refractivity contribution in [2.24, 2.45) is 4.99 Å². The molecule has 0 bridgehead atoms. The van der Waals surface area contributed by atoms with Gasteiger partial charge in [0.05, 0.1) is 26.4 Å². The van der Waals surface area contributed by atoms with Crippen molar-refractivity contribution in [2.75, 3.05) is 66.3 Å². The number of nitrogens with zero attached hydrogens (tertiary/aromatic N) is 2. The summed E-state index contributed by atoms with van der Waals surface area (Å²) in [5.74, 6) is 1.72. The van der Waals surface area contributed by atoms with Gasteiger partial charge in [0.1, 0.15) is 12.4 Å². The molecule has 0 unspecified atom stereocenters. The van der Waals surface area contributed by atoms with Crippen molar-refractivity contribution in [1.29, 1.82) is 0 Å². The van der Waals surface area contributed by atoms with E-state index in [0.29, 0.717) is 19.8 Å². The standard InChI is InChI=1S/C21H36N4O3/c1-4-22-21(23-8-5-9-25-10-12-27-13-11-25)24-17-19-7-6-18(2)16-20(19)28-15-14-26-3/h6-7,16H,4-5,8-15,17H2,1-3H3,(H2,22,23,24). The number of aliphatic imine (C=N–C) groups is 1. The van der Waals surface area contributed by atoms with Gasteiger partial charge in [-0.1, -0.05) is 12.1 Å². The first-order chi connectivity index (χ1) is 13.7. The molecule has 1 aliphatic rings. The predicted molar refractivity (Wildman–Crippen MR) is 113 cm³/mol. The molecule has 0 aromatic heterocycles. The van der Waals surface area contributed by atoms with Gasteiger partial charge in [-0.25, -0.2) is 4.99 Å². The van der Waals surface area contributed by atoms with Gasteiger partial charge in [0.2, 0.25) is 0 Å². The molecule has 1 saturated heterocycles. The maximum absolute atomic E-state index is 5.87. The van der Waals surface area contributed by atoms with Crippen molar-refractivity contribution >= 4 is 5.96 Å². The van der Waals surface area contributed by atoms with Gasteiger partial charge in [0, 0.05) is 38.9 Å². The highest BCUT2D eigenvalue weighted by molar-refractivity contribution is 5.79. The molecule has 0 aliphatic carbocycles. The van der Waals surface area contributed by atoms with E-state index in [9.17, 15) is 0 Å². The van der Waals surface area contributed by atoms with Gasteiger partial charge >= 0.3 is 0 Å². The molecule has 1 heterocycles. The molecule has 1 fully saturated rings. The third-order valence-electron chi connectivity index (χ3n) is 4.57. The Kier molecular flexibility index (Phi) is 10.7. The second-order valence-corrected chi connectivity index (χ2v) is 6.88. The lowest BCUT2D eigenvalue weighted by atomic mass is 10.1. The van der Waals surface area contributed by atoms with Crippen molar-refractivity contribution in [3.63, 3.8) is 0 Å². The maximum atomic E-state index is 5.87. The van der Waals surface area contributed by atoms with Gasteiger partial charge in [-0.3, -0.25) is 4.90 Å². The highest BCUT2D eigenvalue weighted by atomic mass is 16.5. The first kappa shape index (κ1) is 22.5. The Balaban J connectivity index is 1.85. The van der Waals surface area contributed by atoms with Gasteiger partial charge < -0.3 is 24.8 Å². The van der Waals surface area contributed by atoms with E-state index in [1.54, 1.807) is 7.11 Å². The molecule has 7 heteroatoms. The normalized spacial score (nSPS) is 15.5. The molecular weight excluding hydrogens is 356 g/mol. The molecule has 1 aromatic carbocycles. The van der Waals surface area contributed by atoms with E-state index in [4.69, 9.17) is 19.2 Å². The van der Waals surface area contributed by atoms with Crippen LogP contribution >= 0.6 is 0 Å². The summed E-state index contributed by atoms with van der Waals surface area (Å²) in [6.07, 6.45) is 1.08. The fourth-order valence-electron chi connectivity index (χ4n) is 3.00. The highest BCUT2D eigenvalue weighted by Crippen LogP contribution is 2.21. The number of nitrogens with one attached hydrogen (secondary N) is 2. The first-order valence-electron chi connectivity index (χ1n) is 10.3. The van der Waals surface area contributed by atoms with Crippen molar-refractivity contribution in [1.82, 2.24) is 15.5 Å². The van der Waals surface area contributed by atoms with Crippen molar-refractivity contribution in [3.8, 4) is 5.75 Å². The van der Waals surface area contributed by atoms with E-state index in [0.717, 1.165) is 69.6 Å². The third kappa shape index (κ3) is 8.46. The molecule has 0 spiro atoms. The van der Waals surface area contributed by atoms with E-state index in [-0.39, 0.29) is 0 Å². The van der Waals surface area contributed by atoms with Crippen molar-refractivity contribution in [3.05, 3.63) is 29.3 Å². The minimum absolute atomic E-state index is 0.538. The maximum Gasteiger partial charge on any atom is 0.191 e. The average molecular weight is 393 g/mol. The lowest BCUT2D eigenvalue weighted by Gasteiger charge is -2.26. The van der Waals surface area contributed by atoms with Gasteiger partial charge in [-0.15, -0.1) is 0 Å². The Labute approximate surface area is 169 Å². The van der Waals surface area contributed by atoms with Crippen molar-refractivity contribution in [2.45, 2.75) is 26.8 Å². The smallest absolute Gasteiger partial charge is 0.191 e. The molecule has 2 N–H and O–H groups in total. The Morgan fingerprint density at radius 3 is 2.79 bits per heavy atom. The Morgan fingerprint density at radius 1 is 1.21 bits per heavy atom. The van der Waals surface area contributed by atoms with Gasteiger partial charge in [-0.2, -0.15) is 0 Å². The van der Waals surface area contributed by atoms with Crippen LogP contribution in [0.3, 0.4) is 0 Å². The average Bonchev–Trinajstić information content (AvgIpc) is 2.71. The summed E-state index contributed by atoms with van der Waals surface area (Å²) in [7, 11) is 1.68. The van der Waals surface area contributed by atoms with Crippen molar-refractivity contribution < 1.29 is 14.2 Å². The number of guanidine groups is 1. The number of morpholine rings is 1. The fourth-order valence-corrected chi connectivity index (χ4v) is 3.00. The molecule has 0 atom stereocenters. The largest absolute Gasteiger partial charge is 0.491 e. The summed E-state index contributed by atoms with van der Waals surface area (Å²) in [5.41, 5.74) is 2.25. The summed E-state index contributed by atoms with van der Waals surface area (Å²) in [6, 6.07) is 6.24. The highest BCUT2D eigenvalue weighted by Gasteiger charge is 2.09. The van der Waals surface area contributed by atoms with Crippen LogP contribution < -0.4 is 15.4 Å². The second kappa shape index (κ2) is 13.4. The Morgan fingerprint density at radius 2 is 2.04 bits per heavy atom. The Bertz CT molecular complexity index is 589. The minimum Gasteiger partial charge on any atom is -0.491 e. The summed E-state index contributed by atoms with van der Waals surface area (Å²) in [6.45, 7) is 12.4. The monoisotopic (exact) mass is 392 g/mol. The van der Waals surface area contributed by atoms with Crippen LogP contribution in [-0.2, 0) is 16.0 Å². The van der Waals surface area contributed by atoms with E-state index >= 15 is 0 Å². The molecule has 28 heavy (non-hydrogen) atoms. The molecule has 158 valence electrons. The number of hydrogen-bond donors (Lipinski definition) is 2. The summed E-state index contributed by atoms with van der Waals surface area (Å²) < 4.78 is 16.3. The second-order valence-electron chi connectivity index (χ2n) is 6.88. The number of benzene rings is 1. The lowest BCUT2D eigenvalue weighted by Crippen LogP contribution is -2.40. The molecule has 0 saturated carbocycles. The van der Waals surface area contributed by atoms with Crippen LogP contribution in [0.1, 0.15) is 24.5 Å². The van der Waals surface area contributed by atoms with Crippen LogP contribution in [0.2, 0.25) is 0 Å². The molecule has 0 radical (unpaired) electrons. The lowest BCUT2D eigenvalue weighted by molar-refractivity contribution is 0.0376. The number of methoxy groups -OCH3 is 1. The third-order valence-corrected chi connectivity index (χ3v) is 4.57.